The number of halogens is 2. The number of carbonyl (C=O) groups is 1. The number of nitrogens with one attached hydrogen (secondary N) is 2. The summed E-state index contributed by atoms with van der Waals surface area (Å²) in [4.78, 5) is 14.8. The second-order valence-electron chi connectivity index (χ2n) is 7.85. The molecular formula is C23H29F2N3O. The van der Waals surface area contributed by atoms with Gasteiger partial charge in [0.25, 0.3) is 0 Å². The van der Waals surface area contributed by atoms with Gasteiger partial charge in [-0.05, 0) is 44.5 Å². The SMILES string of the molecule is CC(NC(=O)Nc1ccccc1CN(C)C1CCCCC1)c1ccc(F)cc1F. The lowest BCUT2D eigenvalue weighted by Crippen LogP contribution is -2.34. The highest BCUT2D eigenvalue weighted by molar-refractivity contribution is 5.90. The lowest BCUT2D eigenvalue weighted by Gasteiger charge is -2.31. The first-order valence-electron chi connectivity index (χ1n) is 10.2. The van der Waals surface area contributed by atoms with Gasteiger partial charge in [0.05, 0.1) is 6.04 Å². The highest BCUT2D eigenvalue weighted by atomic mass is 19.1. The number of benzene rings is 2. The van der Waals surface area contributed by atoms with E-state index in [9.17, 15) is 13.6 Å². The Kier molecular flexibility index (Phi) is 7.20. The van der Waals surface area contributed by atoms with Gasteiger partial charge in [0.1, 0.15) is 11.6 Å². The van der Waals surface area contributed by atoms with E-state index >= 15 is 0 Å². The predicted octanol–water partition coefficient (Wildman–Crippen LogP) is 5.61. The van der Waals surface area contributed by atoms with Crippen LogP contribution in [-0.2, 0) is 6.54 Å². The predicted molar refractivity (Wildman–Crippen MR) is 112 cm³/mol. The van der Waals surface area contributed by atoms with Gasteiger partial charge in [0.15, 0.2) is 0 Å². The second kappa shape index (κ2) is 9.83. The van der Waals surface area contributed by atoms with Crippen LogP contribution in [0.1, 0.15) is 56.2 Å². The molecule has 4 nitrogen and oxygen atoms in total. The summed E-state index contributed by atoms with van der Waals surface area (Å²) in [7, 11) is 2.13. The highest BCUT2D eigenvalue weighted by Crippen LogP contribution is 2.25. The van der Waals surface area contributed by atoms with Crippen LogP contribution in [0.4, 0.5) is 19.3 Å². The number of nitrogens with zero attached hydrogens (tertiary/aromatic N) is 1. The van der Waals surface area contributed by atoms with Crippen molar-refractivity contribution in [1.29, 1.82) is 0 Å². The lowest BCUT2D eigenvalue weighted by atomic mass is 9.94. The summed E-state index contributed by atoms with van der Waals surface area (Å²) in [5.74, 6) is -1.31. The van der Waals surface area contributed by atoms with Gasteiger partial charge in [0.2, 0.25) is 0 Å². The van der Waals surface area contributed by atoms with E-state index in [1.54, 1.807) is 6.92 Å². The number of hydrogen-bond acceptors (Lipinski definition) is 2. The molecule has 29 heavy (non-hydrogen) atoms. The second-order valence-corrected chi connectivity index (χ2v) is 7.85. The van der Waals surface area contributed by atoms with Crippen LogP contribution in [0.25, 0.3) is 0 Å². The topological polar surface area (TPSA) is 44.4 Å². The van der Waals surface area contributed by atoms with Crippen molar-refractivity contribution in [3.63, 3.8) is 0 Å². The molecule has 0 aromatic heterocycles. The minimum absolute atomic E-state index is 0.242. The molecule has 2 aromatic rings. The molecule has 156 valence electrons. The Bertz CT molecular complexity index is 837. The zero-order valence-corrected chi connectivity index (χ0v) is 17.1. The van der Waals surface area contributed by atoms with Crippen molar-refractivity contribution < 1.29 is 13.6 Å². The van der Waals surface area contributed by atoms with E-state index in [1.807, 2.05) is 24.3 Å². The van der Waals surface area contributed by atoms with E-state index in [0.717, 1.165) is 23.9 Å². The van der Waals surface area contributed by atoms with Crippen LogP contribution in [-0.4, -0.2) is 24.0 Å². The number of urea groups is 1. The van der Waals surface area contributed by atoms with Gasteiger partial charge >= 0.3 is 6.03 Å². The molecule has 6 heteroatoms. The molecule has 2 N–H and O–H groups in total. The van der Waals surface area contributed by atoms with E-state index in [0.29, 0.717) is 6.04 Å². The fourth-order valence-corrected chi connectivity index (χ4v) is 3.99. The van der Waals surface area contributed by atoms with Crippen molar-refractivity contribution >= 4 is 11.7 Å². The molecule has 0 bridgehead atoms. The van der Waals surface area contributed by atoms with Crippen molar-refractivity contribution in [1.82, 2.24) is 10.2 Å². The molecule has 1 aliphatic carbocycles. The summed E-state index contributed by atoms with van der Waals surface area (Å²) < 4.78 is 27.0. The highest BCUT2D eigenvalue weighted by Gasteiger charge is 2.20. The zero-order valence-electron chi connectivity index (χ0n) is 17.1. The Hall–Kier alpha value is -2.47. The summed E-state index contributed by atoms with van der Waals surface area (Å²) in [5.41, 5.74) is 2.02. The summed E-state index contributed by atoms with van der Waals surface area (Å²) in [5, 5.41) is 5.60. The third-order valence-electron chi connectivity index (χ3n) is 5.66. The largest absolute Gasteiger partial charge is 0.331 e. The van der Waals surface area contributed by atoms with Gasteiger partial charge in [-0.1, -0.05) is 43.5 Å². The Morgan fingerprint density at radius 1 is 1.14 bits per heavy atom. The molecule has 1 atom stereocenters. The van der Waals surface area contributed by atoms with Crippen molar-refractivity contribution in [3.05, 3.63) is 65.2 Å². The van der Waals surface area contributed by atoms with E-state index in [2.05, 4.69) is 22.6 Å². The van der Waals surface area contributed by atoms with Gasteiger partial charge in [-0.2, -0.15) is 0 Å². The van der Waals surface area contributed by atoms with Gasteiger partial charge in [-0.25, -0.2) is 13.6 Å². The molecule has 0 saturated heterocycles. The van der Waals surface area contributed by atoms with Gasteiger partial charge in [0, 0.05) is 29.9 Å². The summed E-state index contributed by atoms with van der Waals surface area (Å²) >= 11 is 0. The lowest BCUT2D eigenvalue weighted by molar-refractivity contribution is 0.185. The number of hydrogen-bond donors (Lipinski definition) is 2. The molecule has 0 aliphatic heterocycles. The minimum Gasteiger partial charge on any atom is -0.331 e. The maximum absolute atomic E-state index is 13.9. The summed E-state index contributed by atoms with van der Waals surface area (Å²) in [6, 6.07) is 10.6. The van der Waals surface area contributed by atoms with E-state index < -0.39 is 23.7 Å². The van der Waals surface area contributed by atoms with Crippen molar-refractivity contribution in [2.24, 2.45) is 0 Å². The third-order valence-corrected chi connectivity index (χ3v) is 5.66. The van der Waals surface area contributed by atoms with Crippen LogP contribution in [0.2, 0.25) is 0 Å². The molecule has 0 radical (unpaired) electrons. The van der Waals surface area contributed by atoms with Gasteiger partial charge in [-0.3, -0.25) is 4.90 Å². The molecule has 2 aromatic carbocycles. The first kappa shape index (κ1) is 21.2. The molecule has 0 heterocycles. The Morgan fingerprint density at radius 2 is 1.86 bits per heavy atom. The Morgan fingerprint density at radius 3 is 2.59 bits per heavy atom. The van der Waals surface area contributed by atoms with E-state index in [1.165, 1.54) is 44.2 Å². The fourth-order valence-electron chi connectivity index (χ4n) is 3.99. The maximum atomic E-state index is 13.9. The smallest absolute Gasteiger partial charge is 0.319 e. The average molecular weight is 402 g/mol. The quantitative estimate of drug-likeness (QED) is 0.661. The number of para-hydroxylation sites is 1. The van der Waals surface area contributed by atoms with Gasteiger partial charge in [-0.15, -0.1) is 0 Å². The van der Waals surface area contributed by atoms with Crippen molar-refractivity contribution in [2.75, 3.05) is 12.4 Å². The maximum Gasteiger partial charge on any atom is 0.319 e. The van der Waals surface area contributed by atoms with Gasteiger partial charge < -0.3 is 10.6 Å². The van der Waals surface area contributed by atoms with Crippen molar-refractivity contribution in [2.45, 2.75) is 57.7 Å². The fraction of sp³-hybridized carbons (Fsp3) is 0.435. The third kappa shape index (κ3) is 5.76. The van der Waals surface area contributed by atoms with Crippen LogP contribution in [0.5, 0.6) is 0 Å². The number of carbonyl (C=O) groups excluding carboxylic acids is 1. The minimum atomic E-state index is -0.674. The number of rotatable bonds is 6. The normalized spacial score (nSPS) is 15.9. The first-order chi connectivity index (χ1) is 13.9. The Labute approximate surface area is 171 Å². The molecule has 2 amide bonds. The summed E-state index contributed by atoms with van der Waals surface area (Å²) in [6.07, 6.45) is 6.29. The molecule has 1 aliphatic rings. The first-order valence-corrected chi connectivity index (χ1v) is 10.2. The van der Waals surface area contributed by atoms with E-state index in [4.69, 9.17) is 0 Å². The molecule has 1 unspecified atom stereocenters. The molecule has 0 spiro atoms. The van der Waals surface area contributed by atoms with Crippen LogP contribution in [0, 0.1) is 11.6 Å². The summed E-state index contributed by atoms with van der Waals surface area (Å²) in [6.45, 7) is 2.42. The van der Waals surface area contributed by atoms with Crippen molar-refractivity contribution in [3.8, 4) is 0 Å². The average Bonchev–Trinajstić information content (AvgIpc) is 2.70. The molecule has 3 rings (SSSR count). The zero-order chi connectivity index (χ0) is 20.8. The van der Waals surface area contributed by atoms with Crippen LogP contribution in [0.15, 0.2) is 42.5 Å². The number of amides is 2. The van der Waals surface area contributed by atoms with Crippen LogP contribution >= 0.6 is 0 Å². The molecule has 1 saturated carbocycles. The number of anilines is 1. The molecule has 1 fully saturated rings. The standard InChI is InChI=1S/C23H29F2N3O/c1-16(20-13-12-18(24)14-21(20)25)26-23(29)27-22-11-7-6-8-17(22)15-28(2)19-9-4-3-5-10-19/h6-8,11-14,16,19H,3-5,9-10,15H2,1-2H3,(H2,26,27,29). The van der Waals surface area contributed by atoms with Crippen LogP contribution < -0.4 is 10.6 Å². The molecular weight excluding hydrogens is 372 g/mol. The Balaban J connectivity index is 1.62. The van der Waals surface area contributed by atoms with E-state index in [-0.39, 0.29) is 5.56 Å². The van der Waals surface area contributed by atoms with Crippen LogP contribution in [0.3, 0.4) is 0 Å². The monoisotopic (exact) mass is 401 g/mol.